The van der Waals surface area contributed by atoms with Gasteiger partial charge in [0.1, 0.15) is 0 Å². The first kappa shape index (κ1) is 17.8. The average molecular weight is 294 g/mol. The molecule has 0 amide bonds. The molecular weight excluding hydrogens is 264 g/mol. The van der Waals surface area contributed by atoms with E-state index in [-0.39, 0.29) is 0 Å². The van der Waals surface area contributed by atoms with E-state index in [1.807, 2.05) is 6.07 Å². The van der Waals surface area contributed by atoms with Gasteiger partial charge in [0.15, 0.2) is 11.5 Å². The normalized spacial score (nSPS) is 12.5. The molecule has 4 heteroatoms. The predicted octanol–water partition coefficient (Wildman–Crippen LogP) is 2.57. The first-order valence-electron chi connectivity index (χ1n) is 7.81. The summed E-state index contributed by atoms with van der Waals surface area (Å²) >= 11 is 0. The van der Waals surface area contributed by atoms with E-state index in [9.17, 15) is 0 Å². The number of benzene rings is 1. The van der Waals surface area contributed by atoms with Crippen molar-refractivity contribution in [1.29, 1.82) is 0 Å². The van der Waals surface area contributed by atoms with Gasteiger partial charge in [-0.1, -0.05) is 19.9 Å². The Kier molecular flexibility index (Phi) is 8.16. The van der Waals surface area contributed by atoms with Crippen LogP contribution in [-0.2, 0) is 6.42 Å². The first-order chi connectivity index (χ1) is 10.1. The van der Waals surface area contributed by atoms with Gasteiger partial charge in [0, 0.05) is 12.6 Å². The van der Waals surface area contributed by atoms with Crippen molar-refractivity contribution < 1.29 is 9.47 Å². The lowest BCUT2D eigenvalue weighted by atomic mass is 10.1. The Morgan fingerprint density at radius 2 is 1.76 bits per heavy atom. The van der Waals surface area contributed by atoms with Crippen LogP contribution in [0, 0.1) is 0 Å². The van der Waals surface area contributed by atoms with Crippen LogP contribution in [0.4, 0.5) is 0 Å². The number of nitrogens with one attached hydrogen (secondary N) is 1. The van der Waals surface area contributed by atoms with Crippen molar-refractivity contribution in [3.8, 4) is 11.5 Å². The van der Waals surface area contributed by atoms with Gasteiger partial charge in [0.05, 0.1) is 14.2 Å². The van der Waals surface area contributed by atoms with E-state index in [1.165, 1.54) is 5.56 Å². The number of likely N-dealkylation sites (N-methyl/N-ethyl adjacent to an activating group) is 1. The Morgan fingerprint density at radius 1 is 1.10 bits per heavy atom. The van der Waals surface area contributed by atoms with Gasteiger partial charge in [-0.05, 0) is 50.7 Å². The average Bonchev–Trinajstić information content (AvgIpc) is 2.52. The van der Waals surface area contributed by atoms with Crippen LogP contribution in [0.1, 0.15) is 26.3 Å². The zero-order valence-electron chi connectivity index (χ0n) is 14.1. The summed E-state index contributed by atoms with van der Waals surface area (Å²) in [5.74, 6) is 1.58. The van der Waals surface area contributed by atoms with Crippen LogP contribution in [0.3, 0.4) is 0 Å². The van der Waals surface area contributed by atoms with Crippen molar-refractivity contribution in [2.75, 3.05) is 40.4 Å². The molecule has 0 aliphatic carbocycles. The molecule has 0 heterocycles. The third kappa shape index (κ3) is 5.94. The van der Waals surface area contributed by atoms with Gasteiger partial charge >= 0.3 is 0 Å². The Labute approximate surface area is 129 Å². The number of nitrogens with zero attached hydrogens (tertiary/aromatic N) is 1. The molecule has 1 aromatic rings. The minimum absolute atomic E-state index is 0.505. The Hall–Kier alpha value is -1.26. The predicted molar refractivity (Wildman–Crippen MR) is 88.5 cm³/mol. The number of hydrogen-bond acceptors (Lipinski definition) is 4. The lowest BCUT2D eigenvalue weighted by Gasteiger charge is -2.23. The molecule has 0 aliphatic heterocycles. The fraction of sp³-hybridized carbons (Fsp3) is 0.647. The lowest BCUT2D eigenvalue weighted by molar-refractivity contribution is 0.272. The highest BCUT2D eigenvalue weighted by Crippen LogP contribution is 2.27. The molecule has 0 aliphatic rings. The van der Waals surface area contributed by atoms with Crippen LogP contribution in [0.15, 0.2) is 18.2 Å². The molecule has 0 saturated carbocycles. The lowest BCUT2D eigenvalue weighted by Crippen LogP contribution is -2.39. The van der Waals surface area contributed by atoms with E-state index >= 15 is 0 Å². The van der Waals surface area contributed by atoms with E-state index in [0.29, 0.717) is 6.04 Å². The maximum atomic E-state index is 5.33. The van der Waals surface area contributed by atoms with Crippen molar-refractivity contribution in [3.63, 3.8) is 0 Å². The number of methoxy groups -OCH3 is 2. The summed E-state index contributed by atoms with van der Waals surface area (Å²) in [6.45, 7) is 10.9. The van der Waals surface area contributed by atoms with Crippen molar-refractivity contribution in [2.45, 2.75) is 33.2 Å². The zero-order valence-corrected chi connectivity index (χ0v) is 14.1. The van der Waals surface area contributed by atoms with E-state index < -0.39 is 0 Å². The van der Waals surface area contributed by atoms with Crippen LogP contribution in [-0.4, -0.2) is 51.3 Å². The van der Waals surface area contributed by atoms with Gasteiger partial charge in [-0.2, -0.15) is 0 Å². The number of rotatable bonds is 10. The van der Waals surface area contributed by atoms with Gasteiger partial charge in [-0.25, -0.2) is 0 Å². The molecular formula is C17H30N2O2. The summed E-state index contributed by atoms with van der Waals surface area (Å²) in [6, 6.07) is 6.62. The maximum Gasteiger partial charge on any atom is 0.160 e. The maximum absolute atomic E-state index is 5.33. The van der Waals surface area contributed by atoms with Crippen molar-refractivity contribution in [1.82, 2.24) is 10.2 Å². The molecule has 4 nitrogen and oxygen atoms in total. The Morgan fingerprint density at radius 3 is 2.33 bits per heavy atom. The summed E-state index contributed by atoms with van der Waals surface area (Å²) in [7, 11) is 3.33. The molecule has 1 N–H and O–H groups in total. The van der Waals surface area contributed by atoms with Gasteiger partial charge in [0.25, 0.3) is 0 Å². The molecule has 0 bridgehead atoms. The van der Waals surface area contributed by atoms with E-state index in [0.717, 1.165) is 44.1 Å². The molecule has 120 valence electrons. The first-order valence-corrected chi connectivity index (χ1v) is 7.81. The topological polar surface area (TPSA) is 33.7 Å². The van der Waals surface area contributed by atoms with Crippen LogP contribution in [0.2, 0.25) is 0 Å². The molecule has 1 unspecified atom stereocenters. The van der Waals surface area contributed by atoms with Crippen LogP contribution < -0.4 is 14.8 Å². The van der Waals surface area contributed by atoms with Crippen molar-refractivity contribution in [3.05, 3.63) is 23.8 Å². The fourth-order valence-electron chi connectivity index (χ4n) is 2.43. The molecule has 0 radical (unpaired) electrons. The second-order valence-corrected chi connectivity index (χ2v) is 5.28. The van der Waals surface area contributed by atoms with Crippen LogP contribution in [0.5, 0.6) is 11.5 Å². The van der Waals surface area contributed by atoms with Gasteiger partial charge in [-0.15, -0.1) is 0 Å². The Bertz CT molecular complexity index is 406. The quantitative estimate of drug-likeness (QED) is 0.719. The third-order valence-electron chi connectivity index (χ3n) is 3.78. The molecule has 0 fully saturated rings. The number of ether oxygens (including phenoxy) is 2. The minimum atomic E-state index is 0.505. The molecule has 1 rings (SSSR count). The third-order valence-corrected chi connectivity index (χ3v) is 3.78. The molecule has 1 aromatic carbocycles. The minimum Gasteiger partial charge on any atom is -0.493 e. The molecule has 21 heavy (non-hydrogen) atoms. The standard InChI is InChI=1S/C17H30N2O2/c1-6-19(7-2)13-14(3)18-11-10-15-8-9-16(20-4)17(12-15)21-5/h8-9,12,14,18H,6-7,10-11,13H2,1-5H3. The molecule has 0 saturated heterocycles. The highest BCUT2D eigenvalue weighted by atomic mass is 16.5. The van der Waals surface area contributed by atoms with E-state index in [1.54, 1.807) is 14.2 Å². The molecule has 0 aromatic heterocycles. The summed E-state index contributed by atoms with van der Waals surface area (Å²) in [4.78, 5) is 2.44. The number of hydrogen-bond donors (Lipinski definition) is 1. The zero-order chi connectivity index (χ0) is 15.7. The monoisotopic (exact) mass is 294 g/mol. The van der Waals surface area contributed by atoms with E-state index in [2.05, 4.69) is 43.1 Å². The fourth-order valence-corrected chi connectivity index (χ4v) is 2.43. The van der Waals surface area contributed by atoms with Gasteiger partial charge in [-0.3, -0.25) is 0 Å². The second-order valence-electron chi connectivity index (χ2n) is 5.28. The summed E-state index contributed by atoms with van der Waals surface area (Å²) in [5.41, 5.74) is 1.26. The van der Waals surface area contributed by atoms with Crippen molar-refractivity contribution in [2.24, 2.45) is 0 Å². The smallest absolute Gasteiger partial charge is 0.160 e. The van der Waals surface area contributed by atoms with E-state index in [4.69, 9.17) is 9.47 Å². The highest BCUT2D eigenvalue weighted by molar-refractivity contribution is 5.42. The summed E-state index contributed by atoms with van der Waals surface area (Å²) < 4.78 is 10.6. The van der Waals surface area contributed by atoms with Crippen LogP contribution in [0.25, 0.3) is 0 Å². The SMILES string of the molecule is CCN(CC)CC(C)NCCc1ccc(OC)c(OC)c1. The summed E-state index contributed by atoms with van der Waals surface area (Å²) in [5, 5.41) is 3.58. The summed E-state index contributed by atoms with van der Waals surface area (Å²) in [6.07, 6.45) is 0.989. The molecule has 0 spiro atoms. The second kappa shape index (κ2) is 9.64. The van der Waals surface area contributed by atoms with Gasteiger partial charge in [0.2, 0.25) is 0 Å². The van der Waals surface area contributed by atoms with Crippen molar-refractivity contribution >= 4 is 0 Å². The largest absolute Gasteiger partial charge is 0.493 e. The van der Waals surface area contributed by atoms with Crippen LogP contribution >= 0.6 is 0 Å². The molecule has 1 atom stereocenters. The highest BCUT2D eigenvalue weighted by Gasteiger charge is 2.07. The van der Waals surface area contributed by atoms with Gasteiger partial charge < -0.3 is 19.7 Å². The Balaban J connectivity index is 2.41.